The Labute approximate surface area is 123 Å². The zero-order valence-corrected chi connectivity index (χ0v) is 12.2. The zero-order valence-electron chi connectivity index (χ0n) is 12.2. The summed E-state index contributed by atoms with van der Waals surface area (Å²) >= 11 is 0. The van der Waals surface area contributed by atoms with Crippen LogP contribution in [0.3, 0.4) is 0 Å². The van der Waals surface area contributed by atoms with Gasteiger partial charge in [-0.3, -0.25) is 4.79 Å². The summed E-state index contributed by atoms with van der Waals surface area (Å²) in [5.74, 6) is -0.240. The lowest BCUT2D eigenvalue weighted by molar-refractivity contribution is -0.152. The third-order valence-corrected chi connectivity index (χ3v) is 3.95. The molecule has 2 N–H and O–H groups in total. The Morgan fingerprint density at radius 2 is 2.38 bits per heavy atom. The standard InChI is InChI=1S/C14H21N3O4/c1-2-5-14(12(18)19)6-3-8-17(10-14)13(20)15-9-11-4-7-16-21-11/h4,7H,2-3,5-6,8-10H2,1H3,(H,15,20)(H,18,19). The molecule has 2 rings (SSSR count). The Hall–Kier alpha value is -2.05. The van der Waals surface area contributed by atoms with Crippen LogP contribution in [0.1, 0.15) is 38.4 Å². The second kappa shape index (κ2) is 6.60. The van der Waals surface area contributed by atoms with Crippen molar-refractivity contribution in [2.24, 2.45) is 5.41 Å². The van der Waals surface area contributed by atoms with Gasteiger partial charge in [0, 0.05) is 19.2 Å². The molecule has 0 aromatic carbocycles. The van der Waals surface area contributed by atoms with Crippen molar-refractivity contribution in [2.75, 3.05) is 13.1 Å². The number of aliphatic carboxylic acids is 1. The van der Waals surface area contributed by atoms with Gasteiger partial charge in [-0.05, 0) is 19.3 Å². The predicted octanol–water partition coefficient (Wildman–Crippen LogP) is 1.85. The Kier molecular flexibility index (Phi) is 4.82. The molecule has 0 saturated carbocycles. The van der Waals surface area contributed by atoms with Crippen LogP contribution in [0.4, 0.5) is 4.79 Å². The molecule has 2 heterocycles. The van der Waals surface area contributed by atoms with Crippen LogP contribution in [0.2, 0.25) is 0 Å². The van der Waals surface area contributed by atoms with Crippen molar-refractivity contribution in [1.29, 1.82) is 0 Å². The summed E-state index contributed by atoms with van der Waals surface area (Å²) in [4.78, 5) is 25.4. The molecule has 1 aliphatic heterocycles. The summed E-state index contributed by atoms with van der Waals surface area (Å²) < 4.78 is 4.91. The number of nitrogens with one attached hydrogen (secondary N) is 1. The quantitative estimate of drug-likeness (QED) is 0.864. The highest BCUT2D eigenvalue weighted by molar-refractivity contribution is 5.78. The molecule has 1 unspecified atom stereocenters. The molecule has 1 aliphatic rings. The molecule has 0 radical (unpaired) electrons. The topological polar surface area (TPSA) is 95.7 Å². The highest BCUT2D eigenvalue weighted by Crippen LogP contribution is 2.35. The number of amides is 2. The number of rotatable bonds is 5. The van der Waals surface area contributed by atoms with Gasteiger partial charge in [0.15, 0.2) is 5.76 Å². The maximum Gasteiger partial charge on any atom is 0.317 e. The van der Waals surface area contributed by atoms with Crippen molar-refractivity contribution in [3.63, 3.8) is 0 Å². The molecule has 0 aliphatic carbocycles. The zero-order chi connectivity index (χ0) is 15.3. The van der Waals surface area contributed by atoms with E-state index in [1.165, 1.54) is 6.20 Å². The number of carboxylic acid groups (broad SMARTS) is 1. The van der Waals surface area contributed by atoms with Gasteiger partial charge in [-0.1, -0.05) is 18.5 Å². The first-order valence-corrected chi connectivity index (χ1v) is 7.23. The minimum atomic E-state index is -0.809. The van der Waals surface area contributed by atoms with Gasteiger partial charge in [0.2, 0.25) is 0 Å². The fourth-order valence-electron chi connectivity index (χ4n) is 2.88. The Morgan fingerprint density at radius 1 is 1.57 bits per heavy atom. The summed E-state index contributed by atoms with van der Waals surface area (Å²) in [7, 11) is 0. The van der Waals surface area contributed by atoms with E-state index < -0.39 is 11.4 Å². The van der Waals surface area contributed by atoms with Crippen molar-refractivity contribution in [3.05, 3.63) is 18.0 Å². The van der Waals surface area contributed by atoms with Crippen LogP contribution in [-0.4, -0.2) is 40.3 Å². The van der Waals surface area contributed by atoms with Gasteiger partial charge in [0.1, 0.15) is 0 Å². The van der Waals surface area contributed by atoms with Crippen LogP contribution in [0.15, 0.2) is 16.8 Å². The Morgan fingerprint density at radius 3 is 3.00 bits per heavy atom. The van der Waals surface area contributed by atoms with Crippen LogP contribution in [0.5, 0.6) is 0 Å². The molecule has 1 aromatic heterocycles. The van der Waals surface area contributed by atoms with Gasteiger partial charge in [-0.15, -0.1) is 0 Å². The molecule has 21 heavy (non-hydrogen) atoms. The molecule has 1 fully saturated rings. The van der Waals surface area contributed by atoms with Crippen LogP contribution in [-0.2, 0) is 11.3 Å². The molecule has 116 valence electrons. The predicted molar refractivity (Wildman–Crippen MR) is 74.5 cm³/mol. The SMILES string of the molecule is CCCC1(C(=O)O)CCCN(C(=O)NCc2ccno2)C1. The number of hydrogen-bond acceptors (Lipinski definition) is 4. The molecule has 7 nitrogen and oxygen atoms in total. The van der Waals surface area contributed by atoms with Gasteiger partial charge in [-0.2, -0.15) is 0 Å². The van der Waals surface area contributed by atoms with E-state index in [2.05, 4.69) is 10.5 Å². The number of aromatic nitrogens is 1. The number of urea groups is 1. The van der Waals surface area contributed by atoms with Crippen LogP contribution < -0.4 is 5.32 Å². The van der Waals surface area contributed by atoms with E-state index in [-0.39, 0.29) is 19.1 Å². The highest BCUT2D eigenvalue weighted by atomic mass is 16.5. The van der Waals surface area contributed by atoms with E-state index >= 15 is 0 Å². The summed E-state index contributed by atoms with van der Waals surface area (Å²) in [6.45, 7) is 3.07. The van der Waals surface area contributed by atoms with Gasteiger partial charge in [0.05, 0.1) is 18.2 Å². The highest BCUT2D eigenvalue weighted by Gasteiger charge is 2.42. The van der Waals surface area contributed by atoms with Gasteiger partial charge < -0.3 is 19.8 Å². The molecule has 2 amide bonds. The van der Waals surface area contributed by atoms with E-state index in [9.17, 15) is 14.7 Å². The van der Waals surface area contributed by atoms with Crippen LogP contribution >= 0.6 is 0 Å². The number of nitrogens with zero attached hydrogens (tertiary/aromatic N) is 2. The average Bonchev–Trinajstić information content (AvgIpc) is 2.98. The van der Waals surface area contributed by atoms with E-state index in [0.717, 1.165) is 6.42 Å². The van der Waals surface area contributed by atoms with Crippen molar-refractivity contribution in [3.8, 4) is 0 Å². The second-order valence-electron chi connectivity index (χ2n) is 5.50. The lowest BCUT2D eigenvalue weighted by Crippen LogP contribution is -2.52. The number of carbonyl (C=O) groups is 2. The Balaban J connectivity index is 1.96. The maximum absolute atomic E-state index is 12.2. The first kappa shape index (κ1) is 15.3. The van der Waals surface area contributed by atoms with Crippen molar-refractivity contribution in [1.82, 2.24) is 15.4 Å². The molecule has 7 heteroatoms. The molecule has 1 atom stereocenters. The summed E-state index contributed by atoms with van der Waals surface area (Å²) in [5, 5.41) is 15.8. The first-order valence-electron chi connectivity index (χ1n) is 7.23. The lowest BCUT2D eigenvalue weighted by Gasteiger charge is -2.39. The number of carbonyl (C=O) groups excluding carboxylic acids is 1. The third kappa shape index (κ3) is 3.53. The van der Waals surface area contributed by atoms with Gasteiger partial charge in [0.25, 0.3) is 0 Å². The maximum atomic E-state index is 12.2. The minimum Gasteiger partial charge on any atom is -0.481 e. The van der Waals surface area contributed by atoms with Gasteiger partial charge >= 0.3 is 12.0 Å². The van der Waals surface area contributed by atoms with E-state index in [4.69, 9.17) is 4.52 Å². The number of carboxylic acids is 1. The third-order valence-electron chi connectivity index (χ3n) is 3.95. The van der Waals surface area contributed by atoms with Crippen molar-refractivity contribution < 1.29 is 19.2 Å². The molecule has 1 saturated heterocycles. The minimum absolute atomic E-state index is 0.253. The fourth-order valence-corrected chi connectivity index (χ4v) is 2.88. The molecule has 1 aromatic rings. The molecule has 0 spiro atoms. The molecule has 0 bridgehead atoms. The summed E-state index contributed by atoms with van der Waals surface area (Å²) in [6, 6.07) is 1.42. The Bertz CT molecular complexity index is 484. The summed E-state index contributed by atoms with van der Waals surface area (Å²) in [6.07, 6.45) is 4.23. The van der Waals surface area contributed by atoms with E-state index in [1.807, 2.05) is 6.92 Å². The first-order chi connectivity index (χ1) is 10.1. The molecular formula is C14H21N3O4. The number of hydrogen-bond donors (Lipinski definition) is 2. The van der Waals surface area contributed by atoms with E-state index in [0.29, 0.717) is 31.6 Å². The van der Waals surface area contributed by atoms with Crippen molar-refractivity contribution >= 4 is 12.0 Å². The number of piperidine rings is 1. The monoisotopic (exact) mass is 295 g/mol. The van der Waals surface area contributed by atoms with Crippen LogP contribution in [0, 0.1) is 5.41 Å². The smallest absolute Gasteiger partial charge is 0.317 e. The normalized spacial score (nSPS) is 22.0. The van der Waals surface area contributed by atoms with Crippen molar-refractivity contribution in [2.45, 2.75) is 39.2 Å². The van der Waals surface area contributed by atoms with E-state index in [1.54, 1.807) is 11.0 Å². The second-order valence-corrected chi connectivity index (χ2v) is 5.50. The van der Waals surface area contributed by atoms with Crippen LogP contribution in [0.25, 0.3) is 0 Å². The lowest BCUT2D eigenvalue weighted by atomic mass is 9.76. The average molecular weight is 295 g/mol. The van der Waals surface area contributed by atoms with Gasteiger partial charge in [-0.25, -0.2) is 4.79 Å². The fraction of sp³-hybridized carbons (Fsp3) is 0.643. The largest absolute Gasteiger partial charge is 0.481 e. The number of likely N-dealkylation sites (tertiary alicyclic amines) is 1. The summed E-state index contributed by atoms with van der Waals surface area (Å²) in [5.41, 5.74) is -0.809. The molecular weight excluding hydrogens is 274 g/mol.